The Morgan fingerprint density at radius 1 is 1.03 bits per heavy atom. The summed E-state index contributed by atoms with van der Waals surface area (Å²) in [6.07, 6.45) is 5.33. The highest BCUT2D eigenvalue weighted by Gasteiger charge is 2.19. The lowest BCUT2D eigenvalue weighted by Crippen LogP contribution is -2.44. The molecule has 2 aliphatic rings. The van der Waals surface area contributed by atoms with E-state index in [-0.39, 0.29) is 11.9 Å². The first-order valence-electron chi connectivity index (χ1n) is 13.7. The molecule has 1 aromatic heterocycles. The van der Waals surface area contributed by atoms with E-state index < -0.39 is 0 Å². The van der Waals surface area contributed by atoms with Crippen molar-refractivity contribution in [1.82, 2.24) is 15.5 Å². The van der Waals surface area contributed by atoms with Gasteiger partial charge in [0.15, 0.2) is 0 Å². The number of benzene rings is 2. The maximum Gasteiger partial charge on any atom is 0.252 e. The maximum absolute atomic E-state index is 13.3. The third kappa shape index (κ3) is 6.43. The number of hydrogen-bond acceptors (Lipinski definition) is 5. The molecule has 1 aliphatic carbocycles. The second kappa shape index (κ2) is 11.8. The number of nitrogens with zero attached hydrogens (tertiary/aromatic N) is 2. The first-order chi connectivity index (χ1) is 18.0. The van der Waals surface area contributed by atoms with E-state index in [1.807, 2.05) is 18.3 Å². The molecule has 1 saturated heterocycles. The number of likely N-dealkylation sites (N-methyl/N-ethyl adjacent to an activating group) is 1. The van der Waals surface area contributed by atoms with Gasteiger partial charge >= 0.3 is 0 Å². The van der Waals surface area contributed by atoms with Crippen molar-refractivity contribution in [3.05, 3.63) is 76.2 Å². The highest BCUT2D eigenvalue weighted by Crippen LogP contribution is 2.31. The van der Waals surface area contributed by atoms with Crippen LogP contribution in [0.4, 0.5) is 5.69 Å². The second-order valence-electron chi connectivity index (χ2n) is 10.7. The predicted molar refractivity (Wildman–Crippen MR) is 156 cm³/mol. The van der Waals surface area contributed by atoms with Crippen LogP contribution in [0, 0.1) is 6.92 Å². The third-order valence-electron chi connectivity index (χ3n) is 7.93. The quantitative estimate of drug-likeness (QED) is 0.386. The lowest BCUT2D eigenvalue weighted by molar-refractivity contribution is 0.0939. The molecule has 2 aromatic carbocycles. The zero-order valence-corrected chi connectivity index (χ0v) is 23.2. The number of thiophene rings is 1. The van der Waals surface area contributed by atoms with Gasteiger partial charge in [0.25, 0.3) is 5.91 Å². The molecule has 0 unspecified atom stereocenters. The van der Waals surface area contributed by atoms with Crippen molar-refractivity contribution in [3.8, 4) is 10.4 Å². The van der Waals surface area contributed by atoms with Crippen molar-refractivity contribution in [2.24, 2.45) is 0 Å². The average Bonchev–Trinajstić information content (AvgIpc) is 3.61. The van der Waals surface area contributed by atoms with Gasteiger partial charge in [0.05, 0.1) is 6.04 Å². The molecule has 5 rings (SSSR count). The minimum atomic E-state index is -0.0809. The molecule has 2 heterocycles. The van der Waals surface area contributed by atoms with Crippen molar-refractivity contribution < 1.29 is 4.79 Å². The summed E-state index contributed by atoms with van der Waals surface area (Å²) in [7, 11) is 2.16. The topological polar surface area (TPSA) is 47.6 Å². The van der Waals surface area contributed by atoms with Crippen molar-refractivity contribution in [2.75, 3.05) is 38.1 Å². The number of hydrogen-bond donors (Lipinski definition) is 2. The third-order valence-corrected chi connectivity index (χ3v) is 9.07. The van der Waals surface area contributed by atoms with E-state index in [2.05, 4.69) is 89.0 Å². The van der Waals surface area contributed by atoms with Gasteiger partial charge < -0.3 is 20.4 Å². The predicted octanol–water partition coefficient (Wildman–Crippen LogP) is 6.00. The molecular formula is C31H40N4OS. The Bertz CT molecular complexity index is 1210. The molecule has 1 saturated carbocycles. The molecule has 6 heteroatoms. The van der Waals surface area contributed by atoms with E-state index in [0.29, 0.717) is 6.04 Å². The average molecular weight is 517 g/mol. The first kappa shape index (κ1) is 26.0. The molecule has 196 valence electrons. The molecular weight excluding hydrogens is 476 g/mol. The minimum absolute atomic E-state index is 0.0113. The SMILES string of the molecule is Cc1ccc(N2CCN(C)CC2)cc1C(=O)N[C@H](C)c1cccc(-c2ccc(CNC3CCCC3)s2)c1. The van der Waals surface area contributed by atoms with Crippen LogP contribution in [0.3, 0.4) is 0 Å². The first-order valence-corrected chi connectivity index (χ1v) is 14.6. The molecule has 37 heavy (non-hydrogen) atoms. The van der Waals surface area contributed by atoms with E-state index in [1.54, 1.807) is 0 Å². The Hall–Kier alpha value is -2.67. The van der Waals surface area contributed by atoms with Crippen molar-refractivity contribution >= 4 is 22.9 Å². The van der Waals surface area contributed by atoms with Crippen molar-refractivity contribution in [1.29, 1.82) is 0 Å². The van der Waals surface area contributed by atoms with Crippen LogP contribution in [-0.4, -0.2) is 50.1 Å². The zero-order valence-electron chi connectivity index (χ0n) is 22.4. The molecule has 1 aliphatic heterocycles. The van der Waals surface area contributed by atoms with Crippen LogP contribution in [0.2, 0.25) is 0 Å². The summed E-state index contributed by atoms with van der Waals surface area (Å²) >= 11 is 1.86. The number of aryl methyl sites for hydroxylation is 1. The van der Waals surface area contributed by atoms with Gasteiger partial charge in [-0.3, -0.25) is 4.79 Å². The number of rotatable bonds is 8. The molecule has 1 amide bonds. The lowest BCUT2D eigenvalue weighted by atomic mass is 10.0. The van der Waals surface area contributed by atoms with E-state index in [4.69, 9.17) is 0 Å². The minimum Gasteiger partial charge on any atom is -0.369 e. The van der Waals surface area contributed by atoms with Gasteiger partial charge in [-0.25, -0.2) is 0 Å². The fourth-order valence-corrected chi connectivity index (χ4v) is 6.39. The Kier molecular flexibility index (Phi) is 8.28. The van der Waals surface area contributed by atoms with E-state index in [1.165, 1.54) is 41.0 Å². The van der Waals surface area contributed by atoms with E-state index in [9.17, 15) is 4.79 Å². The molecule has 2 N–H and O–H groups in total. The van der Waals surface area contributed by atoms with Crippen LogP contribution in [-0.2, 0) is 6.54 Å². The van der Waals surface area contributed by atoms with Crippen LogP contribution in [0.15, 0.2) is 54.6 Å². The summed E-state index contributed by atoms with van der Waals surface area (Å²) in [4.78, 5) is 20.7. The monoisotopic (exact) mass is 516 g/mol. The number of anilines is 1. The smallest absolute Gasteiger partial charge is 0.252 e. The number of piperazine rings is 1. The summed E-state index contributed by atoms with van der Waals surface area (Å²) < 4.78 is 0. The number of carbonyl (C=O) groups excluding carboxylic acids is 1. The molecule has 0 spiro atoms. The largest absolute Gasteiger partial charge is 0.369 e. The Labute approximate surface area is 225 Å². The molecule has 3 aromatic rings. The normalized spacial score (nSPS) is 17.8. The molecule has 0 bridgehead atoms. The standard InChI is InChI=1S/C31H40N4OS/c1-22-11-12-27(35-17-15-34(3)16-18-35)20-29(22)31(36)33-23(2)24-7-6-8-25(19-24)30-14-13-28(37-30)21-32-26-9-4-5-10-26/h6-8,11-14,19-20,23,26,32H,4-5,9-10,15-18,21H2,1-3H3,(H,33,36)/t23-/m1/s1. The molecule has 0 radical (unpaired) electrons. The van der Waals surface area contributed by atoms with Crippen LogP contribution < -0.4 is 15.5 Å². The van der Waals surface area contributed by atoms with Gasteiger partial charge in [-0.1, -0.05) is 37.1 Å². The summed E-state index contributed by atoms with van der Waals surface area (Å²) in [6, 6.07) is 20.0. The Morgan fingerprint density at radius 2 is 1.81 bits per heavy atom. The van der Waals surface area contributed by atoms with Crippen LogP contribution in [0.25, 0.3) is 10.4 Å². The molecule has 5 nitrogen and oxygen atoms in total. The van der Waals surface area contributed by atoms with Gasteiger partial charge in [0, 0.05) is 59.8 Å². The highest BCUT2D eigenvalue weighted by atomic mass is 32.1. The summed E-state index contributed by atoms with van der Waals surface area (Å²) in [5, 5.41) is 6.97. The maximum atomic E-state index is 13.3. The van der Waals surface area contributed by atoms with Crippen molar-refractivity contribution in [2.45, 2.75) is 58.2 Å². The second-order valence-corrected chi connectivity index (χ2v) is 11.9. The fourth-order valence-electron chi connectivity index (χ4n) is 5.44. The number of nitrogens with one attached hydrogen (secondary N) is 2. The number of carbonyl (C=O) groups is 1. The Balaban J connectivity index is 1.24. The fraction of sp³-hybridized carbons (Fsp3) is 0.452. The summed E-state index contributed by atoms with van der Waals surface area (Å²) in [5.74, 6) is -0.0113. The Morgan fingerprint density at radius 3 is 2.59 bits per heavy atom. The zero-order chi connectivity index (χ0) is 25.8. The van der Waals surface area contributed by atoms with E-state index in [0.717, 1.165) is 55.1 Å². The van der Waals surface area contributed by atoms with Gasteiger partial charge in [0.1, 0.15) is 0 Å². The van der Waals surface area contributed by atoms with Crippen LogP contribution in [0.5, 0.6) is 0 Å². The summed E-state index contributed by atoms with van der Waals surface area (Å²) in [6.45, 7) is 9.12. The van der Waals surface area contributed by atoms with Crippen LogP contribution in [0.1, 0.15) is 65.0 Å². The molecule has 1 atom stereocenters. The van der Waals surface area contributed by atoms with E-state index >= 15 is 0 Å². The van der Waals surface area contributed by atoms with Gasteiger partial charge in [-0.05, 0) is 80.8 Å². The lowest BCUT2D eigenvalue weighted by Gasteiger charge is -2.34. The number of amides is 1. The molecule has 2 fully saturated rings. The van der Waals surface area contributed by atoms with Crippen LogP contribution >= 0.6 is 11.3 Å². The highest BCUT2D eigenvalue weighted by molar-refractivity contribution is 7.15. The van der Waals surface area contributed by atoms with Gasteiger partial charge in [-0.15, -0.1) is 11.3 Å². The van der Waals surface area contributed by atoms with Gasteiger partial charge in [0.2, 0.25) is 0 Å². The van der Waals surface area contributed by atoms with Gasteiger partial charge in [-0.2, -0.15) is 0 Å². The van der Waals surface area contributed by atoms with Crippen molar-refractivity contribution in [3.63, 3.8) is 0 Å². The summed E-state index contributed by atoms with van der Waals surface area (Å²) in [5.41, 5.74) is 5.24.